The number of halogens is 1. The number of aromatic nitrogens is 3. The molecule has 0 unspecified atom stereocenters. The summed E-state index contributed by atoms with van der Waals surface area (Å²) in [5, 5.41) is 5.05. The Bertz CT molecular complexity index is 507. The molecule has 0 fully saturated rings. The fourth-order valence-corrected chi connectivity index (χ4v) is 1.91. The molecule has 0 amide bonds. The van der Waals surface area contributed by atoms with Gasteiger partial charge in [0, 0.05) is 24.9 Å². The largest absolute Gasteiger partial charge is 0.330 e. The number of nitrogens with zero attached hydrogens (tertiary/aromatic N) is 3. The average Bonchev–Trinajstić information content (AvgIpc) is 2.60. The van der Waals surface area contributed by atoms with E-state index < -0.39 is 0 Å². The van der Waals surface area contributed by atoms with Gasteiger partial charge < -0.3 is 5.73 Å². The summed E-state index contributed by atoms with van der Waals surface area (Å²) < 4.78 is 1.80. The minimum atomic E-state index is 0.570. The van der Waals surface area contributed by atoms with E-state index >= 15 is 0 Å². The number of benzene rings is 1. The maximum Gasteiger partial charge on any atom is 0.152 e. The van der Waals surface area contributed by atoms with Crippen LogP contribution in [-0.4, -0.2) is 21.3 Å². The molecule has 1 aromatic heterocycles. The summed E-state index contributed by atoms with van der Waals surface area (Å²) in [4.78, 5) is 4.45. The summed E-state index contributed by atoms with van der Waals surface area (Å²) in [7, 11) is 1.90. The third-order valence-electron chi connectivity index (χ3n) is 2.52. The summed E-state index contributed by atoms with van der Waals surface area (Å²) in [5.41, 5.74) is 6.62. The van der Waals surface area contributed by atoms with Crippen molar-refractivity contribution in [3.8, 4) is 0 Å². The maximum absolute atomic E-state index is 5.95. The highest BCUT2D eigenvalue weighted by molar-refractivity contribution is 6.30. The van der Waals surface area contributed by atoms with Crippen molar-refractivity contribution in [1.82, 2.24) is 14.8 Å². The van der Waals surface area contributed by atoms with Gasteiger partial charge in [-0.1, -0.05) is 23.7 Å². The Morgan fingerprint density at radius 1 is 1.41 bits per heavy atom. The van der Waals surface area contributed by atoms with E-state index in [1.165, 1.54) is 0 Å². The van der Waals surface area contributed by atoms with Crippen molar-refractivity contribution in [3.05, 3.63) is 46.5 Å². The molecular formula is C12H15ClN4. The van der Waals surface area contributed by atoms with Crippen molar-refractivity contribution in [2.45, 2.75) is 12.8 Å². The molecule has 90 valence electrons. The van der Waals surface area contributed by atoms with Crippen LogP contribution in [0.3, 0.4) is 0 Å². The van der Waals surface area contributed by atoms with E-state index in [0.717, 1.165) is 28.7 Å². The van der Waals surface area contributed by atoms with Crippen LogP contribution in [0.5, 0.6) is 0 Å². The molecule has 5 heteroatoms. The van der Waals surface area contributed by atoms with E-state index in [9.17, 15) is 0 Å². The Balaban J connectivity index is 2.18. The molecule has 2 aromatic rings. The highest BCUT2D eigenvalue weighted by Gasteiger charge is 2.07. The van der Waals surface area contributed by atoms with Crippen LogP contribution in [0.15, 0.2) is 24.3 Å². The van der Waals surface area contributed by atoms with Gasteiger partial charge in [0.15, 0.2) is 5.82 Å². The first kappa shape index (κ1) is 12.1. The summed E-state index contributed by atoms with van der Waals surface area (Å²) in [5.74, 6) is 1.72. The second kappa shape index (κ2) is 5.29. The Hall–Kier alpha value is -1.39. The zero-order chi connectivity index (χ0) is 12.3. The van der Waals surface area contributed by atoms with Gasteiger partial charge in [0.2, 0.25) is 0 Å². The first-order valence-corrected chi connectivity index (χ1v) is 5.90. The fraction of sp³-hybridized carbons (Fsp3) is 0.333. The lowest BCUT2D eigenvalue weighted by molar-refractivity contribution is 0.704. The zero-order valence-electron chi connectivity index (χ0n) is 9.73. The molecule has 0 aliphatic rings. The molecule has 2 N–H and O–H groups in total. The van der Waals surface area contributed by atoms with Gasteiger partial charge >= 0.3 is 0 Å². The van der Waals surface area contributed by atoms with Gasteiger partial charge in [-0.3, -0.25) is 4.68 Å². The van der Waals surface area contributed by atoms with Gasteiger partial charge in [0.05, 0.1) is 0 Å². The minimum Gasteiger partial charge on any atom is -0.330 e. The normalized spacial score (nSPS) is 10.8. The Morgan fingerprint density at radius 3 is 2.94 bits per heavy atom. The second-order valence-electron chi connectivity index (χ2n) is 3.91. The molecule has 0 saturated carbocycles. The summed E-state index contributed by atoms with van der Waals surface area (Å²) in [6, 6.07) is 7.78. The molecule has 17 heavy (non-hydrogen) atoms. The lowest BCUT2D eigenvalue weighted by Crippen LogP contribution is -2.04. The van der Waals surface area contributed by atoms with E-state index in [-0.39, 0.29) is 0 Å². The first-order valence-electron chi connectivity index (χ1n) is 5.52. The molecule has 0 aliphatic carbocycles. The van der Waals surface area contributed by atoms with E-state index in [1.807, 2.05) is 31.3 Å². The van der Waals surface area contributed by atoms with E-state index in [4.69, 9.17) is 17.3 Å². The molecule has 1 heterocycles. The highest BCUT2D eigenvalue weighted by Crippen LogP contribution is 2.13. The third kappa shape index (κ3) is 3.05. The number of hydrogen-bond donors (Lipinski definition) is 1. The lowest BCUT2D eigenvalue weighted by Gasteiger charge is -2.00. The highest BCUT2D eigenvalue weighted by atomic mass is 35.5. The fourth-order valence-electron chi connectivity index (χ4n) is 1.69. The zero-order valence-corrected chi connectivity index (χ0v) is 10.5. The Kier molecular flexibility index (Phi) is 3.76. The molecule has 0 atom stereocenters. The molecule has 4 nitrogen and oxygen atoms in total. The molecule has 0 saturated heterocycles. The van der Waals surface area contributed by atoms with Gasteiger partial charge in [-0.2, -0.15) is 5.10 Å². The van der Waals surface area contributed by atoms with Crippen LogP contribution in [-0.2, 0) is 19.9 Å². The van der Waals surface area contributed by atoms with Gasteiger partial charge in [-0.25, -0.2) is 4.98 Å². The third-order valence-corrected chi connectivity index (χ3v) is 2.75. The summed E-state index contributed by atoms with van der Waals surface area (Å²) in [6.45, 7) is 0.570. The topological polar surface area (TPSA) is 56.7 Å². The number of nitrogens with two attached hydrogens (primary N) is 1. The van der Waals surface area contributed by atoms with Crippen molar-refractivity contribution in [2.75, 3.05) is 6.54 Å². The predicted molar refractivity (Wildman–Crippen MR) is 68.0 cm³/mol. The lowest BCUT2D eigenvalue weighted by atomic mass is 10.1. The predicted octanol–water partition coefficient (Wildman–Crippen LogP) is 1.56. The van der Waals surface area contributed by atoms with E-state index in [1.54, 1.807) is 4.68 Å². The second-order valence-corrected chi connectivity index (χ2v) is 4.35. The summed E-state index contributed by atoms with van der Waals surface area (Å²) >= 11 is 5.95. The SMILES string of the molecule is Cn1nc(CCN)nc1Cc1cccc(Cl)c1. The van der Waals surface area contributed by atoms with Gasteiger partial charge in [-0.05, 0) is 24.2 Å². The molecule has 0 aliphatic heterocycles. The molecule has 0 spiro atoms. The summed E-state index contributed by atoms with van der Waals surface area (Å²) in [6.07, 6.45) is 1.44. The van der Waals surface area contributed by atoms with E-state index in [2.05, 4.69) is 10.1 Å². The number of rotatable bonds is 4. The monoisotopic (exact) mass is 250 g/mol. The maximum atomic E-state index is 5.95. The van der Waals surface area contributed by atoms with Crippen molar-refractivity contribution < 1.29 is 0 Å². The van der Waals surface area contributed by atoms with Gasteiger partial charge in [0.1, 0.15) is 5.82 Å². The van der Waals surface area contributed by atoms with Crippen molar-refractivity contribution in [1.29, 1.82) is 0 Å². The van der Waals surface area contributed by atoms with Crippen LogP contribution in [0.25, 0.3) is 0 Å². The Labute approximate surface area is 105 Å². The molecule has 1 aromatic carbocycles. The number of hydrogen-bond acceptors (Lipinski definition) is 3. The van der Waals surface area contributed by atoms with Crippen LogP contribution in [0.2, 0.25) is 5.02 Å². The van der Waals surface area contributed by atoms with Gasteiger partial charge in [-0.15, -0.1) is 0 Å². The molecule has 0 bridgehead atoms. The van der Waals surface area contributed by atoms with Crippen LogP contribution >= 0.6 is 11.6 Å². The van der Waals surface area contributed by atoms with Crippen molar-refractivity contribution in [2.24, 2.45) is 12.8 Å². The van der Waals surface area contributed by atoms with Crippen LogP contribution in [0.4, 0.5) is 0 Å². The first-order chi connectivity index (χ1) is 8.19. The Morgan fingerprint density at radius 2 is 2.24 bits per heavy atom. The van der Waals surface area contributed by atoms with Crippen LogP contribution < -0.4 is 5.73 Å². The standard InChI is InChI=1S/C12H15ClN4/c1-17-12(15-11(16-17)5-6-14)8-9-3-2-4-10(13)7-9/h2-4,7H,5-6,8,14H2,1H3. The van der Waals surface area contributed by atoms with Crippen LogP contribution in [0, 0.1) is 0 Å². The molecule has 2 rings (SSSR count). The average molecular weight is 251 g/mol. The number of aryl methyl sites for hydroxylation is 1. The smallest absolute Gasteiger partial charge is 0.152 e. The molecule has 0 radical (unpaired) electrons. The van der Waals surface area contributed by atoms with E-state index in [0.29, 0.717) is 13.0 Å². The molecular weight excluding hydrogens is 236 g/mol. The van der Waals surface area contributed by atoms with Gasteiger partial charge in [0.25, 0.3) is 0 Å². The van der Waals surface area contributed by atoms with Crippen molar-refractivity contribution >= 4 is 11.6 Å². The van der Waals surface area contributed by atoms with Crippen molar-refractivity contribution in [3.63, 3.8) is 0 Å². The quantitative estimate of drug-likeness (QED) is 0.896. The minimum absolute atomic E-state index is 0.570. The van der Waals surface area contributed by atoms with Crippen LogP contribution in [0.1, 0.15) is 17.2 Å².